The van der Waals surface area contributed by atoms with Gasteiger partial charge in [-0.25, -0.2) is 0 Å². The highest BCUT2D eigenvalue weighted by Gasteiger charge is 2.52. The molecule has 2 aliphatic rings. The van der Waals surface area contributed by atoms with Gasteiger partial charge >= 0.3 is 0 Å². The van der Waals surface area contributed by atoms with Crippen molar-refractivity contribution in [3.05, 3.63) is 36.2 Å². The standard InChI is InChI=1S/C16H17N5O2/c22-14-10-16(8-4-5-9-16)15(23)20(14)11-13-17-18-19-21(13)12-6-2-1-3-7-12/h1-3,6-7H,4-5,8-11H2. The molecule has 2 aromatic rings. The molecule has 1 aromatic carbocycles. The highest BCUT2D eigenvalue weighted by Crippen LogP contribution is 2.47. The number of carbonyl (C=O) groups is 2. The third-order valence-corrected chi connectivity index (χ3v) is 4.88. The van der Waals surface area contributed by atoms with E-state index in [0.29, 0.717) is 12.2 Å². The van der Waals surface area contributed by atoms with Crippen molar-refractivity contribution >= 4 is 11.8 Å². The number of para-hydroxylation sites is 1. The molecule has 1 spiro atoms. The molecule has 2 heterocycles. The van der Waals surface area contributed by atoms with Crippen LogP contribution in [-0.4, -0.2) is 36.9 Å². The van der Waals surface area contributed by atoms with E-state index in [1.807, 2.05) is 30.3 Å². The van der Waals surface area contributed by atoms with E-state index in [1.165, 1.54) is 4.90 Å². The molecule has 1 saturated heterocycles. The first-order chi connectivity index (χ1) is 11.2. The molecule has 0 atom stereocenters. The lowest BCUT2D eigenvalue weighted by atomic mass is 9.84. The predicted molar refractivity (Wildman–Crippen MR) is 80.2 cm³/mol. The third-order valence-electron chi connectivity index (χ3n) is 4.88. The van der Waals surface area contributed by atoms with Crippen LogP contribution in [0.1, 0.15) is 37.9 Å². The highest BCUT2D eigenvalue weighted by molar-refractivity contribution is 6.05. The fraction of sp³-hybridized carbons (Fsp3) is 0.438. The molecule has 2 amide bonds. The maximum Gasteiger partial charge on any atom is 0.236 e. The number of benzene rings is 1. The Bertz CT molecular complexity index is 749. The molecule has 0 unspecified atom stereocenters. The molecule has 4 rings (SSSR count). The maximum absolute atomic E-state index is 12.7. The monoisotopic (exact) mass is 311 g/mol. The maximum atomic E-state index is 12.7. The van der Waals surface area contributed by atoms with Gasteiger partial charge in [0.2, 0.25) is 11.8 Å². The minimum atomic E-state index is -0.456. The molecule has 1 aliphatic carbocycles. The van der Waals surface area contributed by atoms with Crippen LogP contribution in [0.25, 0.3) is 5.69 Å². The van der Waals surface area contributed by atoms with Crippen molar-refractivity contribution in [2.24, 2.45) is 5.41 Å². The first kappa shape index (κ1) is 14.0. The third kappa shape index (κ3) is 2.23. The van der Waals surface area contributed by atoms with Crippen LogP contribution in [0.3, 0.4) is 0 Å². The Kier molecular flexibility index (Phi) is 3.21. The number of likely N-dealkylation sites (tertiary alicyclic amines) is 1. The smallest absolute Gasteiger partial charge is 0.236 e. The van der Waals surface area contributed by atoms with Crippen LogP contribution in [0.5, 0.6) is 0 Å². The number of rotatable bonds is 3. The molecule has 0 bridgehead atoms. The molecule has 7 nitrogen and oxygen atoms in total. The zero-order chi connectivity index (χ0) is 15.9. The van der Waals surface area contributed by atoms with Crippen molar-refractivity contribution in [2.45, 2.75) is 38.6 Å². The fourth-order valence-electron chi connectivity index (χ4n) is 3.68. The summed E-state index contributed by atoms with van der Waals surface area (Å²) in [6.07, 6.45) is 4.01. The van der Waals surface area contributed by atoms with Gasteiger partial charge in [0.15, 0.2) is 5.82 Å². The minimum absolute atomic E-state index is 0.0531. The Morgan fingerprint density at radius 1 is 1.09 bits per heavy atom. The van der Waals surface area contributed by atoms with Crippen LogP contribution in [0, 0.1) is 5.41 Å². The van der Waals surface area contributed by atoms with Crippen LogP contribution in [0.4, 0.5) is 0 Å². The summed E-state index contributed by atoms with van der Waals surface area (Å²) in [5.74, 6) is 0.329. The van der Waals surface area contributed by atoms with Crippen molar-refractivity contribution in [1.82, 2.24) is 25.1 Å². The summed E-state index contributed by atoms with van der Waals surface area (Å²) in [5.41, 5.74) is 0.351. The fourth-order valence-corrected chi connectivity index (χ4v) is 3.68. The van der Waals surface area contributed by atoms with Gasteiger partial charge in [-0.3, -0.25) is 14.5 Å². The van der Waals surface area contributed by atoms with Crippen LogP contribution >= 0.6 is 0 Å². The van der Waals surface area contributed by atoms with E-state index < -0.39 is 5.41 Å². The molecule has 1 saturated carbocycles. The predicted octanol–water partition coefficient (Wildman–Crippen LogP) is 1.48. The molecule has 0 N–H and O–H groups in total. The molecule has 7 heteroatoms. The second-order valence-electron chi connectivity index (χ2n) is 6.29. The number of hydrogen-bond acceptors (Lipinski definition) is 5. The van der Waals surface area contributed by atoms with Crippen molar-refractivity contribution in [3.63, 3.8) is 0 Å². The molecular weight excluding hydrogens is 294 g/mol. The summed E-state index contributed by atoms with van der Waals surface area (Å²) < 4.78 is 1.57. The van der Waals surface area contributed by atoms with Gasteiger partial charge in [0, 0.05) is 6.42 Å². The van der Waals surface area contributed by atoms with Gasteiger partial charge in [0.05, 0.1) is 17.6 Å². The molecule has 2 fully saturated rings. The van der Waals surface area contributed by atoms with Crippen LogP contribution in [-0.2, 0) is 16.1 Å². The summed E-state index contributed by atoms with van der Waals surface area (Å²) in [4.78, 5) is 26.4. The summed E-state index contributed by atoms with van der Waals surface area (Å²) in [6, 6.07) is 9.45. The van der Waals surface area contributed by atoms with Gasteiger partial charge < -0.3 is 0 Å². The summed E-state index contributed by atoms with van der Waals surface area (Å²) in [6.45, 7) is 0.126. The SMILES string of the molecule is O=C1CC2(CCCC2)C(=O)N1Cc1nnnn1-c1ccccc1. The number of hydrogen-bond donors (Lipinski definition) is 0. The Morgan fingerprint density at radius 2 is 1.83 bits per heavy atom. The van der Waals surface area contributed by atoms with Gasteiger partial charge in [0.25, 0.3) is 0 Å². The van der Waals surface area contributed by atoms with Crippen molar-refractivity contribution in [2.75, 3.05) is 0 Å². The number of amides is 2. The number of aromatic nitrogens is 4. The van der Waals surface area contributed by atoms with E-state index in [-0.39, 0.29) is 18.4 Å². The van der Waals surface area contributed by atoms with E-state index in [4.69, 9.17) is 0 Å². The summed E-state index contributed by atoms with van der Waals surface area (Å²) in [7, 11) is 0. The Balaban J connectivity index is 1.61. The van der Waals surface area contributed by atoms with Gasteiger partial charge in [-0.2, -0.15) is 4.68 Å². The highest BCUT2D eigenvalue weighted by atomic mass is 16.2. The second kappa shape index (κ2) is 5.26. The van der Waals surface area contributed by atoms with E-state index >= 15 is 0 Å². The molecule has 1 aliphatic heterocycles. The summed E-state index contributed by atoms with van der Waals surface area (Å²) >= 11 is 0. The number of tetrazole rings is 1. The van der Waals surface area contributed by atoms with Gasteiger partial charge in [0.1, 0.15) is 0 Å². The van der Waals surface area contributed by atoms with Crippen LogP contribution in [0.2, 0.25) is 0 Å². The van der Waals surface area contributed by atoms with E-state index in [1.54, 1.807) is 4.68 Å². The number of imide groups is 1. The van der Waals surface area contributed by atoms with E-state index in [2.05, 4.69) is 15.5 Å². The van der Waals surface area contributed by atoms with Gasteiger partial charge in [-0.05, 0) is 35.4 Å². The number of carbonyl (C=O) groups excluding carboxylic acids is 2. The molecule has 0 radical (unpaired) electrons. The Morgan fingerprint density at radius 3 is 2.57 bits per heavy atom. The normalized spacial score (nSPS) is 19.9. The lowest BCUT2D eigenvalue weighted by Gasteiger charge is -2.20. The molecular formula is C16H17N5O2. The van der Waals surface area contributed by atoms with Crippen LogP contribution < -0.4 is 0 Å². The molecule has 118 valence electrons. The minimum Gasteiger partial charge on any atom is -0.274 e. The molecule has 1 aromatic heterocycles. The van der Waals surface area contributed by atoms with Gasteiger partial charge in [-0.1, -0.05) is 31.0 Å². The quantitative estimate of drug-likeness (QED) is 0.802. The largest absolute Gasteiger partial charge is 0.274 e. The average molecular weight is 311 g/mol. The zero-order valence-electron chi connectivity index (χ0n) is 12.7. The lowest BCUT2D eigenvalue weighted by molar-refractivity contribution is -0.142. The topological polar surface area (TPSA) is 81.0 Å². The Hall–Kier alpha value is -2.57. The van der Waals surface area contributed by atoms with Crippen molar-refractivity contribution in [1.29, 1.82) is 0 Å². The average Bonchev–Trinajstić information content (AvgIpc) is 3.26. The lowest BCUT2D eigenvalue weighted by Crippen LogP contribution is -2.34. The van der Waals surface area contributed by atoms with Gasteiger partial charge in [-0.15, -0.1) is 5.10 Å². The first-order valence-corrected chi connectivity index (χ1v) is 7.87. The number of nitrogens with zero attached hydrogens (tertiary/aromatic N) is 5. The van der Waals surface area contributed by atoms with Crippen molar-refractivity contribution < 1.29 is 9.59 Å². The zero-order valence-corrected chi connectivity index (χ0v) is 12.7. The van der Waals surface area contributed by atoms with Crippen LogP contribution in [0.15, 0.2) is 30.3 Å². The van der Waals surface area contributed by atoms with E-state index in [9.17, 15) is 9.59 Å². The van der Waals surface area contributed by atoms with E-state index in [0.717, 1.165) is 31.4 Å². The summed E-state index contributed by atoms with van der Waals surface area (Å²) in [5, 5.41) is 11.7. The Labute approximate surface area is 133 Å². The van der Waals surface area contributed by atoms with Crippen molar-refractivity contribution in [3.8, 4) is 5.69 Å². The molecule has 23 heavy (non-hydrogen) atoms. The first-order valence-electron chi connectivity index (χ1n) is 7.87. The second-order valence-corrected chi connectivity index (χ2v) is 6.29.